The van der Waals surface area contributed by atoms with Gasteiger partial charge in [-0.25, -0.2) is 9.97 Å². The molecule has 1 aromatic heterocycles. The first kappa shape index (κ1) is 13.0. The van der Waals surface area contributed by atoms with Gasteiger partial charge in [0.15, 0.2) is 0 Å². The summed E-state index contributed by atoms with van der Waals surface area (Å²) in [5.74, 6) is 2.22. The number of hydrogen-bond acceptors (Lipinski definition) is 4. The molecule has 1 aliphatic carbocycles. The minimum absolute atomic E-state index is 0.648. The second-order valence-corrected chi connectivity index (χ2v) is 5.14. The average Bonchev–Trinajstić information content (AvgIpc) is 2.36. The van der Waals surface area contributed by atoms with E-state index in [0.717, 1.165) is 17.3 Å². The summed E-state index contributed by atoms with van der Waals surface area (Å²) < 4.78 is 0. The van der Waals surface area contributed by atoms with Gasteiger partial charge in [-0.3, -0.25) is 5.43 Å². The van der Waals surface area contributed by atoms with Gasteiger partial charge in [0.1, 0.15) is 11.6 Å². The lowest BCUT2D eigenvalue weighted by Crippen LogP contribution is -2.16. The first-order valence-electron chi connectivity index (χ1n) is 6.77. The first-order valence-corrected chi connectivity index (χ1v) is 6.77. The Morgan fingerprint density at radius 1 is 1.22 bits per heavy atom. The third kappa shape index (κ3) is 3.52. The molecule has 1 saturated carbocycles. The number of rotatable bonds is 3. The first-order chi connectivity index (χ1) is 8.65. The molecule has 1 heterocycles. The minimum atomic E-state index is 0.648. The van der Waals surface area contributed by atoms with Crippen molar-refractivity contribution in [2.24, 2.45) is 11.0 Å². The van der Waals surface area contributed by atoms with Gasteiger partial charge in [0, 0.05) is 17.5 Å². The van der Waals surface area contributed by atoms with E-state index in [2.05, 4.69) is 27.4 Å². The second-order valence-electron chi connectivity index (χ2n) is 5.14. The van der Waals surface area contributed by atoms with Crippen molar-refractivity contribution >= 4 is 11.5 Å². The summed E-state index contributed by atoms with van der Waals surface area (Å²) in [7, 11) is 0. The summed E-state index contributed by atoms with van der Waals surface area (Å²) in [6.45, 7) is 5.98. The Kier molecular flexibility index (Phi) is 4.28. The van der Waals surface area contributed by atoms with Gasteiger partial charge in [0.2, 0.25) is 0 Å². The van der Waals surface area contributed by atoms with E-state index >= 15 is 0 Å². The van der Waals surface area contributed by atoms with Gasteiger partial charge < -0.3 is 0 Å². The second kappa shape index (κ2) is 5.94. The van der Waals surface area contributed by atoms with Crippen LogP contribution in [0, 0.1) is 19.8 Å². The van der Waals surface area contributed by atoms with Gasteiger partial charge in [-0.15, -0.1) is 0 Å². The summed E-state index contributed by atoms with van der Waals surface area (Å²) in [5, 5.41) is 4.48. The summed E-state index contributed by atoms with van der Waals surface area (Å²) in [6.07, 6.45) is 6.60. The van der Waals surface area contributed by atoms with Crippen LogP contribution < -0.4 is 5.43 Å². The SMILES string of the molecule is C/C(=N\Nc1cc(C)nc(C)n1)C1CCCCC1. The highest BCUT2D eigenvalue weighted by molar-refractivity contribution is 5.85. The molecule has 0 spiro atoms. The van der Waals surface area contributed by atoms with Gasteiger partial charge in [-0.2, -0.15) is 5.10 Å². The van der Waals surface area contributed by atoms with Crippen LogP contribution in [0.5, 0.6) is 0 Å². The Labute approximate surface area is 109 Å². The van der Waals surface area contributed by atoms with Crippen LogP contribution in [0.3, 0.4) is 0 Å². The predicted molar refractivity (Wildman–Crippen MR) is 74.8 cm³/mol. The van der Waals surface area contributed by atoms with Gasteiger partial charge >= 0.3 is 0 Å². The van der Waals surface area contributed by atoms with E-state index in [4.69, 9.17) is 0 Å². The van der Waals surface area contributed by atoms with Gasteiger partial charge in [-0.1, -0.05) is 19.3 Å². The standard InChI is InChI=1S/C14H22N4/c1-10-9-14(16-12(3)15-10)18-17-11(2)13-7-5-4-6-8-13/h9,13H,4-8H2,1-3H3,(H,15,16,18)/b17-11+. The van der Waals surface area contributed by atoms with Gasteiger partial charge in [0.25, 0.3) is 0 Å². The topological polar surface area (TPSA) is 50.2 Å². The predicted octanol–water partition coefficient (Wildman–Crippen LogP) is 3.46. The van der Waals surface area contributed by atoms with Crippen molar-refractivity contribution in [3.8, 4) is 0 Å². The summed E-state index contributed by atoms with van der Waals surface area (Å²) in [6, 6.07) is 1.92. The van der Waals surface area contributed by atoms with Crippen molar-refractivity contribution in [1.82, 2.24) is 9.97 Å². The molecular formula is C14H22N4. The Balaban J connectivity index is 2.00. The van der Waals surface area contributed by atoms with Crippen LogP contribution in [-0.2, 0) is 0 Å². The minimum Gasteiger partial charge on any atom is -0.261 e. The molecule has 0 bridgehead atoms. The van der Waals surface area contributed by atoms with Gasteiger partial charge in [0.05, 0.1) is 0 Å². The van der Waals surface area contributed by atoms with Crippen molar-refractivity contribution in [1.29, 1.82) is 0 Å². The van der Waals surface area contributed by atoms with E-state index in [-0.39, 0.29) is 0 Å². The third-order valence-corrected chi connectivity index (χ3v) is 3.51. The monoisotopic (exact) mass is 246 g/mol. The summed E-state index contributed by atoms with van der Waals surface area (Å²) in [5.41, 5.74) is 5.23. The van der Waals surface area contributed by atoms with E-state index in [1.807, 2.05) is 19.9 Å². The van der Waals surface area contributed by atoms with Crippen LogP contribution >= 0.6 is 0 Å². The van der Waals surface area contributed by atoms with Crippen molar-refractivity contribution in [2.45, 2.75) is 52.9 Å². The fourth-order valence-corrected chi connectivity index (χ4v) is 2.53. The number of aryl methyl sites for hydroxylation is 2. The van der Waals surface area contributed by atoms with Gasteiger partial charge in [-0.05, 0) is 39.5 Å². The molecule has 0 saturated heterocycles. The number of hydrazone groups is 1. The summed E-state index contributed by atoms with van der Waals surface area (Å²) >= 11 is 0. The maximum absolute atomic E-state index is 4.48. The quantitative estimate of drug-likeness (QED) is 0.656. The Morgan fingerprint density at radius 2 is 1.94 bits per heavy atom. The molecule has 18 heavy (non-hydrogen) atoms. The number of nitrogens with zero attached hydrogens (tertiary/aromatic N) is 3. The number of aromatic nitrogens is 2. The Hall–Kier alpha value is -1.45. The fourth-order valence-electron chi connectivity index (χ4n) is 2.53. The van der Waals surface area contributed by atoms with E-state index < -0.39 is 0 Å². The molecule has 0 amide bonds. The number of nitrogens with one attached hydrogen (secondary N) is 1. The molecule has 0 atom stereocenters. The molecule has 4 heteroatoms. The maximum Gasteiger partial charge on any atom is 0.150 e. The molecule has 0 radical (unpaired) electrons. The molecule has 1 aliphatic rings. The molecule has 0 aromatic carbocycles. The molecule has 2 rings (SSSR count). The molecule has 1 aromatic rings. The lowest BCUT2D eigenvalue weighted by Gasteiger charge is -2.21. The maximum atomic E-state index is 4.48. The molecule has 1 N–H and O–H groups in total. The highest BCUT2D eigenvalue weighted by Gasteiger charge is 2.16. The zero-order valence-corrected chi connectivity index (χ0v) is 11.5. The molecular weight excluding hydrogens is 224 g/mol. The van der Waals surface area contributed by atoms with E-state index in [9.17, 15) is 0 Å². The highest BCUT2D eigenvalue weighted by Crippen LogP contribution is 2.24. The van der Waals surface area contributed by atoms with E-state index in [1.54, 1.807) is 0 Å². The lowest BCUT2D eigenvalue weighted by atomic mass is 9.86. The molecule has 0 aliphatic heterocycles. The van der Waals surface area contributed by atoms with Crippen LogP contribution in [0.1, 0.15) is 50.5 Å². The average molecular weight is 246 g/mol. The van der Waals surface area contributed by atoms with Crippen LogP contribution in [0.2, 0.25) is 0 Å². The molecule has 98 valence electrons. The van der Waals surface area contributed by atoms with Crippen LogP contribution in [0.15, 0.2) is 11.2 Å². The Bertz CT molecular complexity index is 413. The van der Waals surface area contributed by atoms with Crippen molar-refractivity contribution in [3.05, 3.63) is 17.6 Å². The van der Waals surface area contributed by atoms with E-state index in [1.165, 1.54) is 37.8 Å². The zero-order chi connectivity index (χ0) is 13.0. The highest BCUT2D eigenvalue weighted by atomic mass is 15.3. The fraction of sp³-hybridized carbons (Fsp3) is 0.643. The molecule has 4 nitrogen and oxygen atoms in total. The largest absolute Gasteiger partial charge is 0.261 e. The zero-order valence-electron chi connectivity index (χ0n) is 11.5. The van der Waals surface area contributed by atoms with Crippen molar-refractivity contribution < 1.29 is 0 Å². The Morgan fingerprint density at radius 3 is 2.61 bits per heavy atom. The number of anilines is 1. The van der Waals surface area contributed by atoms with Crippen LogP contribution in [-0.4, -0.2) is 15.7 Å². The smallest absolute Gasteiger partial charge is 0.150 e. The molecule has 1 fully saturated rings. The lowest BCUT2D eigenvalue weighted by molar-refractivity contribution is 0.438. The molecule has 0 unspecified atom stereocenters. The van der Waals surface area contributed by atoms with Crippen LogP contribution in [0.25, 0.3) is 0 Å². The third-order valence-electron chi connectivity index (χ3n) is 3.51. The summed E-state index contributed by atoms with van der Waals surface area (Å²) in [4.78, 5) is 8.57. The number of hydrogen-bond donors (Lipinski definition) is 1. The normalized spacial score (nSPS) is 17.8. The van der Waals surface area contributed by atoms with Crippen molar-refractivity contribution in [2.75, 3.05) is 5.43 Å². The van der Waals surface area contributed by atoms with Crippen LogP contribution in [0.4, 0.5) is 5.82 Å². The van der Waals surface area contributed by atoms with E-state index in [0.29, 0.717) is 5.92 Å². The van der Waals surface area contributed by atoms with Crippen molar-refractivity contribution in [3.63, 3.8) is 0 Å².